The van der Waals surface area contributed by atoms with Crippen LogP contribution in [0.2, 0.25) is 5.02 Å². The second-order valence-electron chi connectivity index (χ2n) is 5.11. The van der Waals surface area contributed by atoms with E-state index in [0.717, 1.165) is 37.9 Å². The minimum absolute atomic E-state index is 0.143. The van der Waals surface area contributed by atoms with Gasteiger partial charge >= 0.3 is 0 Å². The molecule has 1 aromatic carbocycles. The van der Waals surface area contributed by atoms with Gasteiger partial charge in [-0.3, -0.25) is 0 Å². The normalized spacial score (nSPS) is 19.4. The van der Waals surface area contributed by atoms with Gasteiger partial charge in [0, 0.05) is 11.6 Å². The second-order valence-corrected chi connectivity index (χ2v) is 5.51. The summed E-state index contributed by atoms with van der Waals surface area (Å²) in [6, 6.07) is 1.64. The average molecular weight is 284 g/mol. The molecule has 0 radical (unpaired) electrons. The molecule has 104 valence electrons. The summed E-state index contributed by atoms with van der Waals surface area (Å²) in [5.41, 5.74) is 0.800. The summed E-state index contributed by atoms with van der Waals surface area (Å²) in [6.45, 7) is 3.12. The number of ether oxygens (including phenoxy) is 2. The maximum Gasteiger partial charge on any atom is 0.168 e. The number of hydrogen-bond acceptors (Lipinski definition) is 4. The van der Waals surface area contributed by atoms with E-state index in [0.29, 0.717) is 35.7 Å². The minimum Gasteiger partial charge on any atom is -0.506 e. The van der Waals surface area contributed by atoms with Crippen LogP contribution in [0.3, 0.4) is 0 Å². The molecule has 0 unspecified atom stereocenters. The van der Waals surface area contributed by atoms with Crippen LogP contribution in [0.4, 0.5) is 0 Å². The third-order valence-corrected chi connectivity index (χ3v) is 4.09. The standard InChI is InChI=1S/C14H18ClNO3/c15-11-8-12-14(19-6-5-18-12)10(13(11)17)7-9-1-3-16-4-2-9/h8-9,16-17H,1-7H2. The molecule has 0 atom stereocenters. The van der Waals surface area contributed by atoms with Crippen LogP contribution >= 0.6 is 11.6 Å². The molecule has 3 rings (SSSR count). The number of aromatic hydroxyl groups is 1. The fraction of sp³-hybridized carbons (Fsp3) is 0.571. The van der Waals surface area contributed by atoms with Crippen LogP contribution in [0, 0.1) is 5.92 Å². The molecule has 1 saturated heterocycles. The van der Waals surface area contributed by atoms with E-state index in [-0.39, 0.29) is 5.75 Å². The second kappa shape index (κ2) is 5.47. The summed E-state index contributed by atoms with van der Waals surface area (Å²) in [4.78, 5) is 0. The van der Waals surface area contributed by atoms with E-state index < -0.39 is 0 Å². The van der Waals surface area contributed by atoms with Gasteiger partial charge in [0.05, 0.1) is 5.02 Å². The molecule has 0 amide bonds. The van der Waals surface area contributed by atoms with Crippen molar-refractivity contribution in [3.05, 3.63) is 16.7 Å². The molecule has 0 aromatic heterocycles. The predicted molar refractivity (Wildman–Crippen MR) is 73.4 cm³/mol. The highest BCUT2D eigenvalue weighted by Gasteiger charge is 2.25. The minimum atomic E-state index is 0.143. The average Bonchev–Trinajstić information content (AvgIpc) is 2.45. The first-order valence-electron chi connectivity index (χ1n) is 6.76. The van der Waals surface area contributed by atoms with Gasteiger partial charge in [0.25, 0.3) is 0 Å². The number of piperidine rings is 1. The lowest BCUT2D eigenvalue weighted by Gasteiger charge is -2.26. The van der Waals surface area contributed by atoms with Crippen LogP contribution in [0.5, 0.6) is 17.2 Å². The monoisotopic (exact) mass is 283 g/mol. The van der Waals surface area contributed by atoms with Crippen molar-refractivity contribution in [2.75, 3.05) is 26.3 Å². The van der Waals surface area contributed by atoms with Crippen LogP contribution in [-0.4, -0.2) is 31.4 Å². The van der Waals surface area contributed by atoms with Gasteiger partial charge in [-0.05, 0) is 38.3 Å². The molecule has 4 nitrogen and oxygen atoms in total. The lowest BCUT2D eigenvalue weighted by atomic mass is 9.90. The highest BCUT2D eigenvalue weighted by molar-refractivity contribution is 6.32. The van der Waals surface area contributed by atoms with Crippen LogP contribution in [0.25, 0.3) is 0 Å². The van der Waals surface area contributed by atoms with Gasteiger partial charge in [0.2, 0.25) is 0 Å². The molecule has 2 N–H and O–H groups in total. The summed E-state index contributed by atoms with van der Waals surface area (Å²) in [7, 11) is 0. The Bertz CT molecular complexity index is 472. The quantitative estimate of drug-likeness (QED) is 0.875. The van der Waals surface area contributed by atoms with Crippen LogP contribution in [-0.2, 0) is 6.42 Å². The molecule has 2 aliphatic rings. The third-order valence-electron chi connectivity index (χ3n) is 3.81. The zero-order valence-corrected chi connectivity index (χ0v) is 11.5. The maximum atomic E-state index is 10.2. The summed E-state index contributed by atoms with van der Waals surface area (Å²) in [5, 5.41) is 13.9. The molecular formula is C14H18ClNO3. The summed E-state index contributed by atoms with van der Waals surface area (Å²) in [5.74, 6) is 2.02. The highest BCUT2D eigenvalue weighted by atomic mass is 35.5. The number of fused-ring (bicyclic) bond motifs is 1. The maximum absolute atomic E-state index is 10.2. The summed E-state index contributed by atoms with van der Waals surface area (Å²) < 4.78 is 11.2. The highest BCUT2D eigenvalue weighted by Crippen LogP contribution is 2.45. The van der Waals surface area contributed by atoms with Crippen LogP contribution in [0.15, 0.2) is 6.07 Å². The predicted octanol–water partition coefficient (Wildman–Crippen LogP) is 2.36. The van der Waals surface area contributed by atoms with E-state index in [1.807, 2.05) is 0 Å². The van der Waals surface area contributed by atoms with Crippen molar-refractivity contribution < 1.29 is 14.6 Å². The van der Waals surface area contributed by atoms with E-state index in [4.69, 9.17) is 21.1 Å². The molecule has 0 bridgehead atoms. The van der Waals surface area contributed by atoms with Crippen molar-refractivity contribution in [1.29, 1.82) is 0 Å². The van der Waals surface area contributed by atoms with E-state index in [1.165, 1.54) is 0 Å². The topological polar surface area (TPSA) is 50.7 Å². The zero-order chi connectivity index (χ0) is 13.2. The first-order chi connectivity index (χ1) is 9.25. The molecule has 5 heteroatoms. The molecule has 0 aliphatic carbocycles. The van der Waals surface area contributed by atoms with E-state index in [2.05, 4.69) is 5.32 Å². The Hall–Kier alpha value is -1.13. The van der Waals surface area contributed by atoms with Gasteiger partial charge in [-0.15, -0.1) is 0 Å². The molecular weight excluding hydrogens is 266 g/mol. The molecule has 0 spiro atoms. The lowest BCUT2D eigenvalue weighted by Crippen LogP contribution is -2.29. The summed E-state index contributed by atoms with van der Waals surface area (Å²) >= 11 is 6.07. The fourth-order valence-electron chi connectivity index (χ4n) is 2.77. The molecule has 1 aromatic rings. The number of rotatable bonds is 2. The Morgan fingerprint density at radius 2 is 2.00 bits per heavy atom. The van der Waals surface area contributed by atoms with Gasteiger partial charge in [0.15, 0.2) is 11.5 Å². The zero-order valence-electron chi connectivity index (χ0n) is 10.7. The van der Waals surface area contributed by atoms with Crippen molar-refractivity contribution in [2.45, 2.75) is 19.3 Å². The Balaban J connectivity index is 1.91. The van der Waals surface area contributed by atoms with Gasteiger partial charge in [-0.25, -0.2) is 0 Å². The van der Waals surface area contributed by atoms with Crippen LogP contribution < -0.4 is 14.8 Å². The number of phenols is 1. The molecule has 2 aliphatic heterocycles. The van der Waals surface area contributed by atoms with Gasteiger partial charge in [-0.2, -0.15) is 0 Å². The first kappa shape index (κ1) is 12.9. The first-order valence-corrected chi connectivity index (χ1v) is 7.14. The van der Waals surface area contributed by atoms with Crippen LogP contribution in [0.1, 0.15) is 18.4 Å². The Kier molecular flexibility index (Phi) is 3.71. The van der Waals surface area contributed by atoms with Crippen molar-refractivity contribution in [3.8, 4) is 17.2 Å². The Labute approximate surface area is 117 Å². The Morgan fingerprint density at radius 1 is 1.26 bits per heavy atom. The van der Waals surface area contributed by atoms with Gasteiger partial charge in [-0.1, -0.05) is 11.6 Å². The number of benzene rings is 1. The fourth-order valence-corrected chi connectivity index (χ4v) is 2.99. The number of nitrogens with one attached hydrogen (secondary N) is 1. The van der Waals surface area contributed by atoms with Gasteiger partial charge < -0.3 is 19.9 Å². The lowest BCUT2D eigenvalue weighted by molar-refractivity contribution is 0.168. The molecule has 0 saturated carbocycles. The van der Waals surface area contributed by atoms with Crippen molar-refractivity contribution in [2.24, 2.45) is 5.92 Å². The molecule has 2 heterocycles. The largest absolute Gasteiger partial charge is 0.506 e. The number of phenolic OH excluding ortho intramolecular Hbond substituents is 1. The van der Waals surface area contributed by atoms with E-state index >= 15 is 0 Å². The van der Waals surface area contributed by atoms with Crippen molar-refractivity contribution >= 4 is 11.6 Å². The smallest absolute Gasteiger partial charge is 0.168 e. The third kappa shape index (κ3) is 2.60. The Morgan fingerprint density at radius 3 is 2.79 bits per heavy atom. The SMILES string of the molecule is Oc1c(Cl)cc2c(c1CC1CCNCC1)OCCO2. The number of hydrogen-bond donors (Lipinski definition) is 2. The van der Waals surface area contributed by atoms with E-state index in [9.17, 15) is 5.11 Å². The molecule has 1 fully saturated rings. The van der Waals surface area contributed by atoms with Crippen molar-refractivity contribution in [3.63, 3.8) is 0 Å². The summed E-state index contributed by atoms with van der Waals surface area (Å²) in [6.07, 6.45) is 3.02. The van der Waals surface area contributed by atoms with Crippen molar-refractivity contribution in [1.82, 2.24) is 5.32 Å². The molecule has 19 heavy (non-hydrogen) atoms. The van der Waals surface area contributed by atoms with E-state index in [1.54, 1.807) is 6.07 Å². The number of halogens is 1. The van der Waals surface area contributed by atoms with Gasteiger partial charge in [0.1, 0.15) is 19.0 Å².